The second-order valence-corrected chi connectivity index (χ2v) is 6.02. The SMILES string of the molecule is Cn1cc(-c2ccc3cnc(OS(=O)(=O)C(F)(F)F)nn23)cn1. The molecule has 0 bridgehead atoms. The van der Waals surface area contributed by atoms with Gasteiger partial charge in [0.25, 0.3) is 0 Å². The van der Waals surface area contributed by atoms with E-state index >= 15 is 0 Å². The Bertz CT molecular complexity index is 976. The predicted octanol–water partition coefficient (Wildman–Crippen LogP) is 1.36. The molecule has 0 saturated heterocycles. The van der Waals surface area contributed by atoms with Crippen molar-refractivity contribution in [2.45, 2.75) is 5.51 Å². The minimum atomic E-state index is -5.83. The van der Waals surface area contributed by atoms with Gasteiger partial charge in [0, 0.05) is 18.8 Å². The van der Waals surface area contributed by atoms with E-state index in [1.807, 2.05) is 0 Å². The lowest BCUT2D eigenvalue weighted by molar-refractivity contribution is -0.0503. The molecule has 0 aliphatic heterocycles. The quantitative estimate of drug-likeness (QED) is 0.525. The highest BCUT2D eigenvalue weighted by molar-refractivity contribution is 7.87. The summed E-state index contributed by atoms with van der Waals surface area (Å²) in [7, 11) is -4.14. The Balaban J connectivity index is 2.05. The molecule has 0 N–H and O–H groups in total. The minimum Gasteiger partial charge on any atom is -0.335 e. The van der Waals surface area contributed by atoms with Gasteiger partial charge in [-0.1, -0.05) is 0 Å². The average molecular weight is 347 g/mol. The number of aromatic nitrogens is 5. The van der Waals surface area contributed by atoms with Crippen molar-refractivity contribution < 1.29 is 25.8 Å². The van der Waals surface area contributed by atoms with Crippen LogP contribution >= 0.6 is 0 Å². The highest BCUT2D eigenvalue weighted by Gasteiger charge is 2.49. The second-order valence-electron chi connectivity index (χ2n) is 4.48. The van der Waals surface area contributed by atoms with Crippen molar-refractivity contribution in [3.05, 3.63) is 30.7 Å². The predicted molar refractivity (Wildman–Crippen MR) is 70.8 cm³/mol. The van der Waals surface area contributed by atoms with Crippen LogP contribution in [0.5, 0.6) is 6.01 Å². The maximum Gasteiger partial charge on any atom is 0.534 e. The van der Waals surface area contributed by atoms with Crippen LogP contribution in [0.25, 0.3) is 16.8 Å². The highest BCUT2D eigenvalue weighted by Crippen LogP contribution is 2.26. The Labute approximate surface area is 127 Å². The van der Waals surface area contributed by atoms with E-state index in [9.17, 15) is 21.6 Å². The van der Waals surface area contributed by atoms with Gasteiger partial charge in [-0.15, -0.1) is 5.10 Å². The summed E-state index contributed by atoms with van der Waals surface area (Å²) in [5.74, 6) is 0. The first-order chi connectivity index (χ1) is 10.7. The van der Waals surface area contributed by atoms with E-state index in [-0.39, 0.29) is 0 Å². The molecule has 0 radical (unpaired) electrons. The van der Waals surface area contributed by atoms with Crippen molar-refractivity contribution >= 4 is 15.6 Å². The largest absolute Gasteiger partial charge is 0.534 e. The number of aryl methyl sites for hydroxylation is 1. The molecule has 0 aliphatic rings. The van der Waals surface area contributed by atoms with E-state index in [1.54, 1.807) is 25.4 Å². The summed E-state index contributed by atoms with van der Waals surface area (Å²) in [4.78, 5) is 3.46. The van der Waals surface area contributed by atoms with E-state index in [2.05, 4.69) is 19.4 Å². The number of hydrogen-bond acceptors (Lipinski definition) is 6. The Morgan fingerprint density at radius 1 is 1.22 bits per heavy atom. The molecule has 0 unspecified atom stereocenters. The fourth-order valence-electron chi connectivity index (χ4n) is 1.84. The first-order valence-electron chi connectivity index (χ1n) is 6.02. The fourth-order valence-corrected chi connectivity index (χ4v) is 2.21. The van der Waals surface area contributed by atoms with Crippen molar-refractivity contribution in [3.63, 3.8) is 0 Å². The summed E-state index contributed by atoms with van der Waals surface area (Å²) in [5, 5.41) is 7.66. The third kappa shape index (κ3) is 2.72. The first-order valence-corrected chi connectivity index (χ1v) is 7.43. The van der Waals surface area contributed by atoms with Gasteiger partial charge in [0.05, 0.1) is 23.6 Å². The smallest absolute Gasteiger partial charge is 0.335 e. The maximum atomic E-state index is 12.3. The van der Waals surface area contributed by atoms with Gasteiger partial charge in [0.1, 0.15) is 0 Å². The van der Waals surface area contributed by atoms with E-state index < -0.39 is 21.6 Å². The van der Waals surface area contributed by atoms with Crippen LogP contribution in [0.1, 0.15) is 0 Å². The van der Waals surface area contributed by atoms with Crippen LogP contribution in [0.4, 0.5) is 13.2 Å². The summed E-state index contributed by atoms with van der Waals surface area (Å²) in [6.45, 7) is 0. The van der Waals surface area contributed by atoms with Crippen molar-refractivity contribution in [1.82, 2.24) is 24.4 Å². The van der Waals surface area contributed by atoms with Crippen molar-refractivity contribution in [2.75, 3.05) is 0 Å². The molecule has 3 aromatic heterocycles. The molecule has 8 nitrogen and oxygen atoms in total. The normalized spacial score (nSPS) is 12.7. The topological polar surface area (TPSA) is 91.4 Å². The zero-order valence-corrected chi connectivity index (χ0v) is 12.2. The molecule has 122 valence electrons. The van der Waals surface area contributed by atoms with E-state index in [1.165, 1.54) is 15.4 Å². The summed E-state index contributed by atoms with van der Waals surface area (Å²) >= 11 is 0. The van der Waals surface area contributed by atoms with E-state index in [0.717, 1.165) is 6.20 Å². The summed E-state index contributed by atoms with van der Waals surface area (Å²) in [5.41, 5.74) is -3.99. The molecule has 0 saturated carbocycles. The van der Waals surface area contributed by atoms with Crippen molar-refractivity contribution in [2.24, 2.45) is 7.05 Å². The molecule has 12 heteroatoms. The van der Waals surface area contributed by atoms with Crippen molar-refractivity contribution in [1.29, 1.82) is 0 Å². The lowest BCUT2D eigenvalue weighted by Crippen LogP contribution is -2.28. The van der Waals surface area contributed by atoms with Gasteiger partial charge in [0.15, 0.2) is 0 Å². The third-order valence-electron chi connectivity index (χ3n) is 2.85. The van der Waals surface area contributed by atoms with Gasteiger partial charge in [-0.2, -0.15) is 31.7 Å². The molecule has 0 spiro atoms. The highest BCUT2D eigenvalue weighted by atomic mass is 32.2. The molecule has 0 fully saturated rings. The number of nitrogens with zero attached hydrogens (tertiary/aromatic N) is 5. The zero-order chi connectivity index (χ0) is 16.8. The molecule has 0 atom stereocenters. The Kier molecular flexibility index (Phi) is 3.28. The monoisotopic (exact) mass is 347 g/mol. The Hall–Kier alpha value is -2.63. The van der Waals surface area contributed by atoms with E-state index in [4.69, 9.17) is 0 Å². The minimum absolute atomic E-state index is 0.445. The number of hydrogen-bond donors (Lipinski definition) is 0. The van der Waals surface area contributed by atoms with Crippen LogP contribution in [0, 0.1) is 0 Å². The summed E-state index contributed by atoms with van der Waals surface area (Å²) < 4.78 is 65.7. The molecule has 0 aliphatic carbocycles. The number of halogens is 3. The van der Waals surface area contributed by atoms with Crippen LogP contribution < -0.4 is 4.18 Å². The molecular formula is C11H8F3N5O3S. The van der Waals surface area contributed by atoms with Crippen LogP contribution in [-0.4, -0.2) is 38.3 Å². The van der Waals surface area contributed by atoms with Crippen LogP contribution in [0.15, 0.2) is 30.7 Å². The van der Waals surface area contributed by atoms with Gasteiger partial charge in [-0.05, 0) is 12.1 Å². The fraction of sp³-hybridized carbons (Fsp3) is 0.182. The second kappa shape index (κ2) is 4.94. The molecule has 3 heterocycles. The number of fused-ring (bicyclic) bond motifs is 1. The van der Waals surface area contributed by atoms with Crippen LogP contribution in [-0.2, 0) is 17.2 Å². The van der Waals surface area contributed by atoms with E-state index in [0.29, 0.717) is 16.8 Å². The Morgan fingerprint density at radius 3 is 2.57 bits per heavy atom. The zero-order valence-electron chi connectivity index (χ0n) is 11.4. The average Bonchev–Trinajstić information content (AvgIpc) is 3.02. The number of alkyl halides is 3. The summed E-state index contributed by atoms with van der Waals surface area (Å²) in [6, 6.07) is 2.32. The third-order valence-corrected chi connectivity index (χ3v) is 3.78. The standard InChI is InChI=1S/C11H8F3N5O3S/c1-18-6-7(4-16-18)9-3-2-8-5-15-10(17-19(8)9)22-23(20,21)11(12,13)14/h2-6H,1H3. The Morgan fingerprint density at radius 2 is 1.96 bits per heavy atom. The molecule has 3 aromatic rings. The van der Waals surface area contributed by atoms with Crippen LogP contribution in [0.3, 0.4) is 0 Å². The molecule has 3 rings (SSSR count). The van der Waals surface area contributed by atoms with Gasteiger partial charge in [0.2, 0.25) is 0 Å². The first kappa shape index (κ1) is 15.3. The van der Waals surface area contributed by atoms with Gasteiger partial charge in [-0.25, -0.2) is 4.52 Å². The summed E-state index contributed by atoms with van der Waals surface area (Å²) in [6.07, 6.45) is 4.34. The van der Waals surface area contributed by atoms with Gasteiger partial charge < -0.3 is 4.18 Å². The van der Waals surface area contributed by atoms with Gasteiger partial charge in [-0.3, -0.25) is 4.68 Å². The lowest BCUT2D eigenvalue weighted by atomic mass is 10.3. The van der Waals surface area contributed by atoms with Crippen LogP contribution in [0.2, 0.25) is 0 Å². The molecule has 0 aromatic carbocycles. The van der Waals surface area contributed by atoms with Crippen molar-refractivity contribution in [3.8, 4) is 17.3 Å². The molecule has 0 amide bonds. The molecule has 23 heavy (non-hydrogen) atoms. The number of rotatable bonds is 3. The lowest BCUT2D eigenvalue weighted by Gasteiger charge is -2.08. The maximum absolute atomic E-state index is 12.3. The van der Waals surface area contributed by atoms with Gasteiger partial charge >= 0.3 is 21.6 Å². The molecular weight excluding hydrogens is 339 g/mol.